The second kappa shape index (κ2) is 8.75. The summed E-state index contributed by atoms with van der Waals surface area (Å²) >= 11 is 0. The van der Waals surface area contributed by atoms with Crippen LogP contribution in [0.2, 0.25) is 0 Å². The fourth-order valence-corrected chi connectivity index (χ4v) is 4.47. The van der Waals surface area contributed by atoms with E-state index < -0.39 is 29.5 Å². The molecule has 0 saturated heterocycles. The van der Waals surface area contributed by atoms with Crippen LogP contribution in [0.5, 0.6) is 5.75 Å². The lowest BCUT2D eigenvalue weighted by Crippen LogP contribution is -2.49. The summed E-state index contributed by atoms with van der Waals surface area (Å²) in [4.78, 5) is 4.13. The van der Waals surface area contributed by atoms with Crippen molar-refractivity contribution >= 4 is 0 Å². The highest BCUT2D eigenvalue weighted by molar-refractivity contribution is 5.71. The van der Waals surface area contributed by atoms with E-state index >= 15 is 0 Å². The molecule has 2 atom stereocenters. The molecule has 0 radical (unpaired) electrons. The molecule has 8 nitrogen and oxygen atoms in total. The first kappa shape index (κ1) is 22.7. The van der Waals surface area contributed by atoms with Gasteiger partial charge in [-0.3, -0.25) is 0 Å². The minimum absolute atomic E-state index is 0.0476. The quantitative estimate of drug-likeness (QED) is 0.395. The van der Waals surface area contributed by atoms with Crippen LogP contribution in [0.15, 0.2) is 57.6 Å². The van der Waals surface area contributed by atoms with Crippen LogP contribution >= 0.6 is 0 Å². The van der Waals surface area contributed by atoms with Gasteiger partial charge in [0.25, 0.3) is 5.89 Å². The van der Waals surface area contributed by atoms with Crippen LogP contribution in [-0.4, -0.2) is 39.1 Å². The summed E-state index contributed by atoms with van der Waals surface area (Å²) in [6, 6.07) is 13.1. The van der Waals surface area contributed by atoms with Gasteiger partial charge in [-0.15, -0.1) is 0 Å². The highest BCUT2D eigenvalue weighted by atomic mass is 19.4. The topological polar surface area (TPSA) is 106 Å². The minimum atomic E-state index is -4.77. The molecule has 2 aromatic carbocycles. The monoisotopic (exact) mass is 498 g/mol. The second-order valence-corrected chi connectivity index (χ2v) is 8.93. The molecule has 0 spiro atoms. The van der Waals surface area contributed by atoms with Gasteiger partial charge in [0, 0.05) is 22.7 Å². The average molecular weight is 498 g/mol. The first-order valence-corrected chi connectivity index (χ1v) is 11.6. The van der Waals surface area contributed by atoms with Gasteiger partial charge in [-0.05, 0) is 18.9 Å². The van der Waals surface area contributed by atoms with E-state index in [0.29, 0.717) is 29.5 Å². The van der Waals surface area contributed by atoms with Crippen molar-refractivity contribution < 1.29 is 32.1 Å². The van der Waals surface area contributed by atoms with E-state index in [2.05, 4.69) is 20.6 Å². The normalized spacial score (nSPS) is 20.0. The van der Waals surface area contributed by atoms with E-state index in [1.54, 1.807) is 36.4 Å². The smallest absolute Gasteiger partial charge is 0.422 e. The number of ether oxygens (including phenoxy) is 1. The Morgan fingerprint density at radius 1 is 0.972 bits per heavy atom. The number of hydrogen-bond acceptors (Lipinski definition) is 8. The average Bonchev–Trinajstić information content (AvgIpc) is 3.50. The van der Waals surface area contributed by atoms with Gasteiger partial charge in [0.05, 0.1) is 6.04 Å². The molecule has 0 bridgehead atoms. The lowest BCUT2D eigenvalue weighted by Gasteiger charge is -2.36. The Labute approximate surface area is 203 Å². The molecule has 1 aliphatic heterocycles. The summed E-state index contributed by atoms with van der Waals surface area (Å²) in [5.74, 6) is -0.600. The third-order valence-electron chi connectivity index (χ3n) is 6.59. The summed E-state index contributed by atoms with van der Waals surface area (Å²) in [5, 5.41) is 21.7. The van der Waals surface area contributed by atoms with E-state index in [9.17, 15) is 18.3 Å². The Morgan fingerprint density at radius 3 is 2.50 bits per heavy atom. The van der Waals surface area contributed by atoms with E-state index in [4.69, 9.17) is 13.8 Å². The van der Waals surface area contributed by atoms with Crippen LogP contribution in [0.3, 0.4) is 0 Å². The highest BCUT2D eigenvalue weighted by Crippen LogP contribution is 2.43. The molecule has 2 aliphatic rings. The van der Waals surface area contributed by atoms with Gasteiger partial charge >= 0.3 is 6.18 Å². The number of aliphatic hydroxyl groups excluding tert-OH is 1. The van der Waals surface area contributed by atoms with Gasteiger partial charge in [-0.1, -0.05) is 59.2 Å². The predicted octanol–water partition coefficient (Wildman–Crippen LogP) is 5.01. The fraction of sp³-hybridized carbons (Fsp3) is 0.320. The van der Waals surface area contributed by atoms with Crippen molar-refractivity contribution in [3.63, 3.8) is 0 Å². The van der Waals surface area contributed by atoms with Crippen molar-refractivity contribution in [2.45, 2.75) is 43.6 Å². The van der Waals surface area contributed by atoms with Crippen molar-refractivity contribution in [2.24, 2.45) is 0 Å². The summed E-state index contributed by atoms with van der Waals surface area (Å²) in [5.41, 5.74) is -0.134. The molecule has 11 heteroatoms. The van der Waals surface area contributed by atoms with Gasteiger partial charge in [0.1, 0.15) is 29.7 Å². The van der Waals surface area contributed by atoms with Crippen molar-refractivity contribution in [2.75, 3.05) is 6.61 Å². The van der Waals surface area contributed by atoms with Crippen molar-refractivity contribution in [1.29, 1.82) is 0 Å². The molecule has 2 N–H and O–H groups in total. The van der Waals surface area contributed by atoms with Gasteiger partial charge in [0.15, 0.2) is 0 Å². The molecule has 3 heterocycles. The Kier molecular flexibility index (Phi) is 5.53. The molecule has 0 unspecified atom stereocenters. The largest absolute Gasteiger partial charge is 0.491 e. The number of nitrogens with zero attached hydrogens (tertiary/aromatic N) is 3. The Balaban J connectivity index is 1.30. The zero-order valence-electron chi connectivity index (χ0n) is 18.8. The zero-order chi connectivity index (χ0) is 24.9. The van der Waals surface area contributed by atoms with Gasteiger partial charge in [-0.25, -0.2) is 0 Å². The van der Waals surface area contributed by atoms with Crippen LogP contribution in [0.1, 0.15) is 36.5 Å². The molecule has 4 aromatic rings. The zero-order valence-corrected chi connectivity index (χ0v) is 18.8. The lowest BCUT2D eigenvalue weighted by molar-refractivity contribution is -0.136. The second-order valence-electron chi connectivity index (χ2n) is 8.93. The first-order valence-electron chi connectivity index (χ1n) is 11.6. The van der Waals surface area contributed by atoms with E-state index in [1.165, 1.54) is 18.6 Å². The van der Waals surface area contributed by atoms with Gasteiger partial charge < -0.3 is 24.2 Å². The van der Waals surface area contributed by atoms with Crippen LogP contribution in [0.25, 0.3) is 34.3 Å². The summed E-state index contributed by atoms with van der Waals surface area (Å²) in [6.07, 6.45) is -2.16. The summed E-state index contributed by atoms with van der Waals surface area (Å²) in [6.45, 7) is 0.293. The fourth-order valence-electron chi connectivity index (χ4n) is 4.47. The van der Waals surface area contributed by atoms with Crippen molar-refractivity contribution in [1.82, 2.24) is 20.6 Å². The maximum atomic E-state index is 14.0. The van der Waals surface area contributed by atoms with Crippen LogP contribution in [0.4, 0.5) is 13.2 Å². The number of nitrogens with one attached hydrogen (secondary N) is 1. The van der Waals surface area contributed by atoms with Crippen LogP contribution in [0, 0.1) is 0 Å². The third kappa shape index (κ3) is 4.03. The predicted molar refractivity (Wildman–Crippen MR) is 121 cm³/mol. The van der Waals surface area contributed by atoms with E-state index in [1.807, 2.05) is 0 Å². The molecule has 1 aliphatic carbocycles. The molecule has 6 rings (SSSR count). The molecule has 0 amide bonds. The first-order chi connectivity index (χ1) is 17.4. The molecule has 1 fully saturated rings. The van der Waals surface area contributed by atoms with Gasteiger partial charge in [0.2, 0.25) is 11.6 Å². The minimum Gasteiger partial charge on any atom is -0.491 e. The van der Waals surface area contributed by atoms with Crippen molar-refractivity contribution in [3.8, 4) is 40.0 Å². The number of rotatable bonds is 5. The number of aliphatic hydroxyl groups is 1. The number of fused-ring (bicyclic) bond motifs is 1. The van der Waals surface area contributed by atoms with Crippen LogP contribution < -0.4 is 10.1 Å². The Bertz CT molecular complexity index is 1380. The Morgan fingerprint density at radius 2 is 1.78 bits per heavy atom. The molecule has 186 valence electrons. The maximum Gasteiger partial charge on any atom is 0.422 e. The molecular weight excluding hydrogens is 477 g/mol. The number of benzene rings is 2. The van der Waals surface area contributed by atoms with E-state index in [-0.39, 0.29) is 23.1 Å². The number of aromatic nitrogens is 3. The number of hydrogen-bond donors (Lipinski definition) is 2. The SMILES string of the molecule is O[C@H]1c2ccc(-c3noc(-c4onc(-c5ccccc5)c4C(F)(F)F)n3)cc2OC[C@H]1NC1CCC1. The van der Waals surface area contributed by atoms with E-state index in [0.717, 1.165) is 12.8 Å². The number of halogens is 3. The Hall–Kier alpha value is -3.70. The van der Waals surface area contributed by atoms with Gasteiger partial charge in [-0.2, -0.15) is 18.2 Å². The summed E-state index contributed by atoms with van der Waals surface area (Å²) in [7, 11) is 0. The molecular formula is C25H21F3N4O4. The summed E-state index contributed by atoms with van der Waals surface area (Å²) < 4.78 is 58.0. The maximum absolute atomic E-state index is 14.0. The standard InChI is InChI=1S/C25H21F3N4O4/c26-25(27,28)19-20(13-5-2-1-3-6-13)31-35-22(19)24-30-23(32-36-24)14-9-10-16-18(11-14)34-12-17(21(16)33)29-15-7-4-8-15/h1-3,5-6,9-11,15,17,21,29,33H,4,7-8,12H2/t17-,21+/m1/s1. The third-order valence-corrected chi connectivity index (χ3v) is 6.59. The van der Waals surface area contributed by atoms with Crippen LogP contribution in [-0.2, 0) is 6.18 Å². The molecule has 2 aromatic heterocycles. The molecule has 1 saturated carbocycles. The molecule has 36 heavy (non-hydrogen) atoms. The van der Waals surface area contributed by atoms with Crippen molar-refractivity contribution in [3.05, 3.63) is 59.7 Å². The lowest BCUT2D eigenvalue weighted by atomic mass is 9.90. The highest BCUT2D eigenvalue weighted by Gasteiger charge is 2.43. The number of alkyl halides is 3.